The highest BCUT2D eigenvalue weighted by Crippen LogP contribution is 2.39. The van der Waals surface area contributed by atoms with Crippen LogP contribution in [0.5, 0.6) is 0 Å². The van der Waals surface area contributed by atoms with Crippen LogP contribution in [0.15, 0.2) is 164 Å². The van der Waals surface area contributed by atoms with Gasteiger partial charge in [0.15, 0.2) is 0 Å². The minimum atomic E-state index is 0.287. The van der Waals surface area contributed by atoms with Crippen LogP contribution < -0.4 is 9.80 Å². The van der Waals surface area contributed by atoms with Crippen molar-refractivity contribution in [2.75, 3.05) is 9.80 Å². The van der Waals surface area contributed by atoms with E-state index < -0.39 is 0 Å². The lowest BCUT2D eigenvalue weighted by Crippen LogP contribution is -2.29. The maximum absolute atomic E-state index is 2.45. The molecule has 0 saturated heterocycles. The van der Waals surface area contributed by atoms with Crippen LogP contribution in [0.25, 0.3) is 21.5 Å². The lowest BCUT2D eigenvalue weighted by Gasteiger charge is -2.32. The molecule has 1 unspecified atom stereocenters. The Bertz CT molecular complexity index is 1780. The van der Waals surface area contributed by atoms with E-state index in [1.807, 2.05) is 0 Å². The molecule has 40 heavy (non-hydrogen) atoms. The summed E-state index contributed by atoms with van der Waals surface area (Å²) in [5.41, 5.74) is 5.85. The van der Waals surface area contributed by atoms with Crippen LogP contribution in [0.3, 0.4) is 0 Å². The summed E-state index contributed by atoms with van der Waals surface area (Å²) in [4.78, 5) is 4.76. The molecule has 192 valence electrons. The van der Waals surface area contributed by atoms with Crippen LogP contribution >= 0.6 is 0 Å². The minimum Gasteiger partial charge on any atom is -0.334 e. The molecule has 0 aromatic heterocycles. The fourth-order valence-corrected chi connectivity index (χ4v) is 5.82. The highest BCUT2D eigenvalue weighted by atomic mass is 15.2. The molecule has 0 amide bonds. The van der Waals surface area contributed by atoms with Gasteiger partial charge in [-0.05, 0) is 88.6 Å². The summed E-state index contributed by atoms with van der Waals surface area (Å²) in [5, 5.41) is 5.01. The van der Waals surface area contributed by atoms with E-state index in [4.69, 9.17) is 0 Å². The van der Waals surface area contributed by atoms with Gasteiger partial charge in [-0.25, -0.2) is 0 Å². The third kappa shape index (κ3) is 4.54. The lowest BCUT2D eigenvalue weighted by atomic mass is 9.99. The van der Waals surface area contributed by atoms with E-state index in [1.54, 1.807) is 0 Å². The Hall–Kier alpha value is -5.08. The van der Waals surface area contributed by atoms with E-state index in [0.717, 1.165) is 23.5 Å². The van der Waals surface area contributed by atoms with Gasteiger partial charge in [0, 0.05) is 28.4 Å². The smallest absolute Gasteiger partial charge is 0.0559 e. The zero-order valence-corrected chi connectivity index (χ0v) is 22.3. The molecule has 0 spiro atoms. The molecule has 0 saturated carbocycles. The van der Waals surface area contributed by atoms with Gasteiger partial charge in [-0.1, -0.05) is 103 Å². The summed E-state index contributed by atoms with van der Waals surface area (Å²) in [5.74, 6) is 0. The van der Waals surface area contributed by atoms with Crippen LogP contribution in [0.1, 0.15) is 6.42 Å². The Morgan fingerprint density at radius 3 is 1.52 bits per heavy atom. The van der Waals surface area contributed by atoms with Crippen molar-refractivity contribution in [1.29, 1.82) is 0 Å². The highest BCUT2D eigenvalue weighted by Gasteiger charge is 2.19. The fourth-order valence-electron chi connectivity index (χ4n) is 5.82. The number of anilines is 5. The summed E-state index contributed by atoms with van der Waals surface area (Å²) in [6.07, 6.45) is 9.83. The molecule has 0 radical (unpaired) electrons. The van der Waals surface area contributed by atoms with Crippen molar-refractivity contribution < 1.29 is 0 Å². The minimum absolute atomic E-state index is 0.287. The highest BCUT2D eigenvalue weighted by molar-refractivity contribution is 6.09. The zero-order chi connectivity index (χ0) is 26.7. The molecule has 0 bridgehead atoms. The quantitative estimate of drug-likeness (QED) is 0.204. The monoisotopic (exact) mass is 514 g/mol. The van der Waals surface area contributed by atoms with Gasteiger partial charge in [0.2, 0.25) is 0 Å². The number of hydrogen-bond donors (Lipinski definition) is 0. The molecule has 1 atom stereocenters. The average Bonchev–Trinajstić information content (AvgIpc) is 3.03. The maximum Gasteiger partial charge on any atom is 0.0559 e. The van der Waals surface area contributed by atoms with Crippen molar-refractivity contribution in [3.8, 4) is 0 Å². The summed E-state index contributed by atoms with van der Waals surface area (Å²) in [6.45, 7) is 0. The predicted molar refractivity (Wildman–Crippen MR) is 171 cm³/mol. The van der Waals surface area contributed by atoms with Crippen LogP contribution in [0.4, 0.5) is 28.4 Å². The summed E-state index contributed by atoms with van der Waals surface area (Å²) >= 11 is 0. The zero-order valence-electron chi connectivity index (χ0n) is 22.3. The Morgan fingerprint density at radius 1 is 0.450 bits per heavy atom. The molecule has 0 N–H and O–H groups in total. The third-order valence-electron chi connectivity index (χ3n) is 7.69. The molecule has 6 aromatic rings. The van der Waals surface area contributed by atoms with E-state index in [2.05, 4.69) is 174 Å². The Kier molecular flexibility index (Phi) is 6.35. The molecule has 6 aromatic carbocycles. The van der Waals surface area contributed by atoms with E-state index >= 15 is 0 Å². The largest absolute Gasteiger partial charge is 0.334 e. The fraction of sp³-hybridized carbons (Fsp3) is 0.0526. The van der Waals surface area contributed by atoms with Gasteiger partial charge in [0.25, 0.3) is 0 Å². The molecule has 2 nitrogen and oxygen atoms in total. The van der Waals surface area contributed by atoms with Gasteiger partial charge in [-0.3, -0.25) is 0 Å². The number of fused-ring (bicyclic) bond motifs is 3. The molecule has 7 rings (SSSR count). The van der Waals surface area contributed by atoms with Crippen molar-refractivity contribution in [3.63, 3.8) is 0 Å². The maximum atomic E-state index is 2.45. The summed E-state index contributed by atoms with van der Waals surface area (Å²) < 4.78 is 0. The van der Waals surface area contributed by atoms with Gasteiger partial charge >= 0.3 is 0 Å². The standard InChI is InChI=1S/C38H30N2/c1-5-13-31(14-6-1)39(32-15-7-2-8-16-32)35-23-25-37-29(27-35)21-22-30-28-36(24-26-38(30)37)40(33-17-9-3-10-18-33)34-19-11-4-12-20-34/h1-19,21-28,34H,20H2. The van der Waals surface area contributed by atoms with Crippen LogP contribution in [0.2, 0.25) is 0 Å². The van der Waals surface area contributed by atoms with Crippen molar-refractivity contribution in [3.05, 3.63) is 164 Å². The van der Waals surface area contributed by atoms with Gasteiger partial charge in [0.1, 0.15) is 0 Å². The molecular formula is C38H30N2. The first-order valence-corrected chi connectivity index (χ1v) is 13.9. The first-order chi connectivity index (χ1) is 19.8. The van der Waals surface area contributed by atoms with Crippen molar-refractivity contribution in [1.82, 2.24) is 0 Å². The van der Waals surface area contributed by atoms with Crippen molar-refractivity contribution in [2.45, 2.75) is 12.5 Å². The second kappa shape index (κ2) is 10.6. The Labute approximate surface area is 235 Å². The molecule has 1 aliphatic rings. The molecule has 2 heteroatoms. The van der Waals surface area contributed by atoms with Crippen molar-refractivity contribution in [2.24, 2.45) is 0 Å². The number of rotatable bonds is 6. The molecular weight excluding hydrogens is 484 g/mol. The first-order valence-electron chi connectivity index (χ1n) is 13.9. The first kappa shape index (κ1) is 24.0. The van der Waals surface area contributed by atoms with Crippen LogP contribution in [-0.4, -0.2) is 6.04 Å². The van der Waals surface area contributed by atoms with E-state index in [1.165, 1.54) is 32.9 Å². The number of nitrogens with zero attached hydrogens (tertiary/aromatic N) is 2. The summed E-state index contributed by atoms with van der Waals surface area (Å²) in [6, 6.07) is 50.4. The van der Waals surface area contributed by atoms with Gasteiger partial charge in [-0.2, -0.15) is 0 Å². The normalized spacial score (nSPS) is 14.4. The van der Waals surface area contributed by atoms with Crippen LogP contribution in [-0.2, 0) is 0 Å². The molecule has 1 aliphatic carbocycles. The number of benzene rings is 6. The second-order valence-electron chi connectivity index (χ2n) is 10.2. The van der Waals surface area contributed by atoms with Gasteiger partial charge < -0.3 is 9.80 Å². The van der Waals surface area contributed by atoms with E-state index in [-0.39, 0.29) is 6.04 Å². The second-order valence-corrected chi connectivity index (χ2v) is 10.2. The van der Waals surface area contributed by atoms with Crippen LogP contribution in [0, 0.1) is 0 Å². The van der Waals surface area contributed by atoms with Gasteiger partial charge in [0.05, 0.1) is 6.04 Å². The average molecular weight is 515 g/mol. The number of hydrogen-bond acceptors (Lipinski definition) is 2. The van der Waals surface area contributed by atoms with Gasteiger partial charge in [-0.15, -0.1) is 0 Å². The summed E-state index contributed by atoms with van der Waals surface area (Å²) in [7, 11) is 0. The molecule has 0 fully saturated rings. The predicted octanol–water partition coefficient (Wildman–Crippen LogP) is 10.5. The molecule has 0 heterocycles. The Balaban J connectivity index is 1.31. The third-order valence-corrected chi connectivity index (χ3v) is 7.69. The number of para-hydroxylation sites is 3. The number of allylic oxidation sites excluding steroid dienone is 2. The SMILES string of the molecule is C1=CCC(N(c2ccccc2)c2ccc3c(ccc4cc(N(c5ccccc5)c5ccccc5)ccc43)c2)C=C1. The van der Waals surface area contributed by atoms with Crippen molar-refractivity contribution >= 4 is 50.0 Å². The van der Waals surface area contributed by atoms with E-state index in [9.17, 15) is 0 Å². The topological polar surface area (TPSA) is 6.48 Å². The lowest BCUT2D eigenvalue weighted by molar-refractivity contribution is 0.785. The molecule has 0 aliphatic heterocycles. The van der Waals surface area contributed by atoms with E-state index in [0.29, 0.717) is 0 Å². The Morgan fingerprint density at radius 2 is 0.975 bits per heavy atom.